The molecule has 2 rings (SSSR count). The van der Waals surface area contributed by atoms with E-state index in [1.165, 1.54) is 25.7 Å². The average Bonchev–Trinajstić information content (AvgIpc) is 2.74. The van der Waals surface area contributed by atoms with Gasteiger partial charge >= 0.3 is 0 Å². The summed E-state index contributed by atoms with van der Waals surface area (Å²) in [4.78, 5) is 0. The van der Waals surface area contributed by atoms with Gasteiger partial charge in [-0.05, 0) is 29.1 Å². The van der Waals surface area contributed by atoms with Crippen molar-refractivity contribution in [1.82, 2.24) is 0 Å². The van der Waals surface area contributed by atoms with Crippen molar-refractivity contribution in [1.29, 1.82) is 0 Å². The van der Waals surface area contributed by atoms with E-state index in [1.807, 2.05) is 13.8 Å². The molecule has 0 N–H and O–H groups in total. The molecule has 0 aromatic carbocycles. The van der Waals surface area contributed by atoms with E-state index in [9.17, 15) is 0 Å². The van der Waals surface area contributed by atoms with Gasteiger partial charge < -0.3 is 0 Å². The molecule has 1 fully saturated rings. The van der Waals surface area contributed by atoms with E-state index >= 15 is 0 Å². The van der Waals surface area contributed by atoms with E-state index < -0.39 is 0 Å². The van der Waals surface area contributed by atoms with Gasteiger partial charge in [-0.25, -0.2) is 0 Å². The predicted octanol–water partition coefficient (Wildman–Crippen LogP) is 5.20. The molecule has 2 aliphatic rings. The molecule has 0 heterocycles. The zero-order chi connectivity index (χ0) is 11.7. The van der Waals surface area contributed by atoms with Crippen molar-refractivity contribution >= 4 is 0 Å². The van der Waals surface area contributed by atoms with Gasteiger partial charge in [-0.1, -0.05) is 66.5 Å². The van der Waals surface area contributed by atoms with E-state index in [4.69, 9.17) is 0 Å². The highest BCUT2D eigenvalue weighted by molar-refractivity contribution is 5.24. The minimum Gasteiger partial charge on any atom is -0.0817 e. The molecule has 2 aliphatic carbocycles. The highest BCUT2D eigenvalue weighted by Gasteiger charge is 2.56. The fraction of sp³-hybridized carbons (Fsp3) is 0.867. The second-order valence-electron chi connectivity index (χ2n) is 6.07. The van der Waals surface area contributed by atoms with Gasteiger partial charge in [0.1, 0.15) is 0 Å². The molecule has 15 heavy (non-hydrogen) atoms. The van der Waals surface area contributed by atoms with Gasteiger partial charge in [-0.2, -0.15) is 0 Å². The molecule has 0 heteroatoms. The van der Waals surface area contributed by atoms with Crippen LogP contribution in [0.1, 0.15) is 67.2 Å². The molecule has 0 radical (unpaired) electrons. The van der Waals surface area contributed by atoms with E-state index in [1.54, 1.807) is 0 Å². The summed E-state index contributed by atoms with van der Waals surface area (Å²) in [5.41, 5.74) is 1.42. The molecule has 0 aromatic heterocycles. The van der Waals surface area contributed by atoms with Crippen molar-refractivity contribution in [2.75, 3.05) is 0 Å². The summed E-state index contributed by atoms with van der Waals surface area (Å²) < 4.78 is 0. The Morgan fingerprint density at radius 3 is 1.40 bits per heavy atom. The lowest BCUT2D eigenvalue weighted by Gasteiger charge is -2.47. The summed E-state index contributed by atoms with van der Waals surface area (Å²) in [7, 11) is 0. The lowest BCUT2D eigenvalue weighted by atomic mass is 9.56. The Labute approximate surface area is 96.2 Å². The molecule has 0 unspecified atom stereocenters. The van der Waals surface area contributed by atoms with Gasteiger partial charge in [-0.3, -0.25) is 0 Å². The first-order valence-corrected chi connectivity index (χ1v) is 6.62. The van der Waals surface area contributed by atoms with Crippen LogP contribution in [0.2, 0.25) is 0 Å². The van der Waals surface area contributed by atoms with Crippen molar-refractivity contribution in [3.05, 3.63) is 12.2 Å². The summed E-state index contributed by atoms with van der Waals surface area (Å²) in [5, 5.41) is 0. The fourth-order valence-electron chi connectivity index (χ4n) is 3.83. The largest absolute Gasteiger partial charge is 0.0817 e. The summed E-state index contributed by atoms with van der Waals surface area (Å²) in [6.07, 6.45) is 10.7. The molecule has 0 saturated heterocycles. The summed E-state index contributed by atoms with van der Waals surface area (Å²) in [6.45, 7) is 13.7. The van der Waals surface area contributed by atoms with Gasteiger partial charge in [0.05, 0.1) is 0 Å². The maximum atomic E-state index is 2.46. The van der Waals surface area contributed by atoms with E-state index in [-0.39, 0.29) is 0 Å². The Morgan fingerprint density at radius 1 is 0.733 bits per heavy atom. The highest BCUT2D eigenvalue weighted by atomic mass is 14.6. The summed E-state index contributed by atoms with van der Waals surface area (Å²) in [5.74, 6) is 0. The normalized spacial score (nSPS) is 28.9. The van der Waals surface area contributed by atoms with Crippen LogP contribution in [0.15, 0.2) is 12.2 Å². The van der Waals surface area contributed by atoms with Crippen LogP contribution < -0.4 is 0 Å². The summed E-state index contributed by atoms with van der Waals surface area (Å²) >= 11 is 0. The molecule has 0 atom stereocenters. The van der Waals surface area contributed by atoms with Crippen LogP contribution in [-0.2, 0) is 0 Å². The van der Waals surface area contributed by atoms with Crippen LogP contribution in [0, 0.1) is 16.2 Å². The van der Waals surface area contributed by atoms with Crippen LogP contribution in [0.3, 0.4) is 0 Å². The number of rotatable bonds is 0. The van der Waals surface area contributed by atoms with E-state index in [0.29, 0.717) is 16.2 Å². The quantitative estimate of drug-likeness (QED) is 0.480. The molecule has 1 spiro atoms. The fourth-order valence-corrected chi connectivity index (χ4v) is 3.83. The first-order chi connectivity index (χ1) is 6.91. The maximum Gasteiger partial charge on any atom is -0.0110 e. The van der Waals surface area contributed by atoms with E-state index in [0.717, 1.165) is 0 Å². The number of allylic oxidation sites excluding steroid dienone is 2. The van der Waals surface area contributed by atoms with Crippen molar-refractivity contribution in [2.45, 2.75) is 67.2 Å². The van der Waals surface area contributed by atoms with Gasteiger partial charge in [0.25, 0.3) is 0 Å². The standard InChI is InChI=1S/C13H22.C2H6/c1-11(2)9-10-12(3,4)13(11)7-5-6-8-13;1-2/h9-10H,5-8H2,1-4H3;1-2H3. The van der Waals surface area contributed by atoms with Crippen molar-refractivity contribution in [3.8, 4) is 0 Å². The van der Waals surface area contributed by atoms with E-state index in [2.05, 4.69) is 39.8 Å². The zero-order valence-electron chi connectivity index (χ0n) is 11.5. The third kappa shape index (κ3) is 1.66. The predicted molar refractivity (Wildman–Crippen MR) is 69.0 cm³/mol. The Hall–Kier alpha value is -0.260. The lowest BCUT2D eigenvalue weighted by molar-refractivity contribution is 0.0357. The van der Waals surface area contributed by atoms with Gasteiger partial charge in [0, 0.05) is 0 Å². The first kappa shape index (κ1) is 12.8. The molecule has 88 valence electrons. The lowest BCUT2D eigenvalue weighted by Crippen LogP contribution is -2.40. The Bertz CT molecular complexity index is 217. The molecule has 0 aromatic rings. The molecule has 0 nitrogen and oxygen atoms in total. The van der Waals surface area contributed by atoms with Crippen LogP contribution in [-0.4, -0.2) is 0 Å². The minimum atomic E-state index is 0.424. The molecular formula is C15H28. The molecular weight excluding hydrogens is 180 g/mol. The molecule has 0 amide bonds. The SMILES string of the molecule is CC.CC1(C)C=CC(C)(C)C12CCCC2. The Morgan fingerprint density at radius 2 is 1.07 bits per heavy atom. The number of hydrogen-bond acceptors (Lipinski definition) is 0. The van der Waals surface area contributed by atoms with Crippen LogP contribution in [0.5, 0.6) is 0 Å². The van der Waals surface area contributed by atoms with Crippen LogP contribution >= 0.6 is 0 Å². The first-order valence-electron chi connectivity index (χ1n) is 6.62. The van der Waals surface area contributed by atoms with Crippen molar-refractivity contribution < 1.29 is 0 Å². The summed E-state index contributed by atoms with van der Waals surface area (Å²) in [6, 6.07) is 0. The third-order valence-corrected chi connectivity index (χ3v) is 4.84. The maximum absolute atomic E-state index is 2.46. The second-order valence-corrected chi connectivity index (χ2v) is 6.07. The smallest absolute Gasteiger partial charge is 0.0110 e. The minimum absolute atomic E-state index is 0.424. The van der Waals surface area contributed by atoms with Gasteiger partial charge in [-0.15, -0.1) is 0 Å². The van der Waals surface area contributed by atoms with Crippen LogP contribution in [0.4, 0.5) is 0 Å². The Kier molecular flexibility index (Phi) is 3.38. The highest BCUT2D eigenvalue weighted by Crippen LogP contribution is 2.65. The second kappa shape index (κ2) is 3.96. The third-order valence-electron chi connectivity index (χ3n) is 4.84. The van der Waals surface area contributed by atoms with Crippen molar-refractivity contribution in [3.63, 3.8) is 0 Å². The Balaban J connectivity index is 0.000000531. The van der Waals surface area contributed by atoms with Crippen LogP contribution in [0.25, 0.3) is 0 Å². The topological polar surface area (TPSA) is 0 Å². The monoisotopic (exact) mass is 208 g/mol. The number of hydrogen-bond donors (Lipinski definition) is 0. The van der Waals surface area contributed by atoms with Gasteiger partial charge in [0.15, 0.2) is 0 Å². The zero-order valence-corrected chi connectivity index (χ0v) is 11.5. The van der Waals surface area contributed by atoms with Crippen molar-refractivity contribution in [2.24, 2.45) is 16.2 Å². The molecule has 0 aliphatic heterocycles. The molecule has 0 bridgehead atoms. The molecule has 1 saturated carbocycles. The average molecular weight is 208 g/mol. The van der Waals surface area contributed by atoms with Gasteiger partial charge in [0.2, 0.25) is 0 Å².